The molecule has 0 saturated carbocycles. The molecule has 0 aromatic heterocycles. The SMILES string of the molecule is C.CNCCCCCCCC(=O)COc1cccc2c1C(=O)N(C1CCC(=O)NC1=O)C2=O.CNCCCCCCCCCC(=O)COc1cccc2c1C(=O)N(C1CCC(=O)NC1=O)C2=O. The van der Waals surface area contributed by atoms with Crippen LogP contribution in [-0.4, -0.2) is 121 Å². The molecule has 2 saturated heterocycles. The van der Waals surface area contributed by atoms with E-state index in [1.807, 2.05) is 14.1 Å². The van der Waals surface area contributed by atoms with E-state index in [0.717, 1.165) is 74.3 Å². The molecule has 0 spiro atoms. The van der Waals surface area contributed by atoms with Gasteiger partial charge in [-0.2, -0.15) is 0 Å². The highest BCUT2D eigenvalue weighted by Crippen LogP contribution is 2.35. The van der Waals surface area contributed by atoms with Crippen LogP contribution in [0.1, 0.15) is 164 Å². The average Bonchev–Trinajstić information content (AvgIpc) is 3.71. The standard InChI is InChI=1S/C25H33N3O6.C23H29N3O6.CH4/c1-26-15-8-6-4-2-3-5-7-10-17(29)16-34-20-12-9-11-18-22(20)25(33)28(24(18)32)19-13-14-21(30)27-23(19)31;1-24-13-6-4-2-3-5-8-15(27)14-32-18-10-7-9-16-20(18)23(31)26(22(16)30)17-11-12-19(28)25-21(17)29;/h9,11-12,19,26H,2-8,10,13-16H2,1H3,(H,27,30,31);7,9-10,17,24H,2-6,8,11-14H2,1H3,(H,25,28,29);1H4. The van der Waals surface area contributed by atoms with Crippen molar-refractivity contribution < 1.29 is 57.4 Å². The fourth-order valence-electron chi connectivity index (χ4n) is 8.33. The van der Waals surface area contributed by atoms with Crippen LogP contribution in [0.2, 0.25) is 0 Å². The van der Waals surface area contributed by atoms with E-state index in [4.69, 9.17) is 9.47 Å². The van der Waals surface area contributed by atoms with Gasteiger partial charge in [-0.15, -0.1) is 0 Å². The fourth-order valence-corrected chi connectivity index (χ4v) is 8.33. The van der Waals surface area contributed by atoms with E-state index in [0.29, 0.717) is 12.8 Å². The minimum Gasteiger partial charge on any atom is -0.485 e. The van der Waals surface area contributed by atoms with Gasteiger partial charge in [0.25, 0.3) is 23.6 Å². The van der Waals surface area contributed by atoms with Crippen LogP contribution in [0.15, 0.2) is 36.4 Å². The second-order valence-corrected chi connectivity index (χ2v) is 16.9. The number of ketones is 2. The number of carbonyl (C=O) groups excluding carboxylic acids is 10. The van der Waals surface area contributed by atoms with Crippen molar-refractivity contribution in [2.24, 2.45) is 0 Å². The Labute approximate surface area is 392 Å². The van der Waals surface area contributed by atoms with Gasteiger partial charge in [-0.1, -0.05) is 70.9 Å². The molecule has 0 bridgehead atoms. The van der Waals surface area contributed by atoms with Crippen LogP contribution in [0.25, 0.3) is 0 Å². The second kappa shape index (κ2) is 26.9. The molecule has 0 aliphatic carbocycles. The van der Waals surface area contributed by atoms with E-state index in [-0.39, 0.29) is 91.6 Å². The van der Waals surface area contributed by atoms with E-state index in [2.05, 4.69) is 21.3 Å². The van der Waals surface area contributed by atoms with Gasteiger partial charge in [0.05, 0.1) is 22.3 Å². The van der Waals surface area contributed by atoms with Gasteiger partial charge >= 0.3 is 0 Å². The Morgan fingerprint density at radius 2 is 0.896 bits per heavy atom. The molecule has 67 heavy (non-hydrogen) atoms. The molecule has 364 valence electrons. The molecule has 2 unspecified atom stereocenters. The van der Waals surface area contributed by atoms with Gasteiger partial charge in [0.1, 0.15) is 36.8 Å². The third-order valence-electron chi connectivity index (χ3n) is 11.9. The molecule has 2 aromatic rings. The lowest BCUT2D eigenvalue weighted by Crippen LogP contribution is -2.54. The lowest BCUT2D eigenvalue weighted by molar-refractivity contribution is -0.137. The fraction of sp³-hybridized carbons (Fsp3) is 0.551. The molecule has 18 nitrogen and oxygen atoms in total. The van der Waals surface area contributed by atoms with Crippen LogP contribution in [0, 0.1) is 0 Å². The Hall–Kier alpha value is -6.14. The zero-order chi connectivity index (χ0) is 47.6. The third-order valence-corrected chi connectivity index (χ3v) is 11.9. The molecular weight excluding hydrogens is 865 g/mol. The van der Waals surface area contributed by atoms with Crippen molar-refractivity contribution in [1.82, 2.24) is 31.1 Å². The molecule has 2 fully saturated rings. The molecule has 8 amide bonds. The van der Waals surface area contributed by atoms with Crippen molar-refractivity contribution >= 4 is 58.8 Å². The van der Waals surface area contributed by atoms with Crippen LogP contribution in [-0.2, 0) is 28.8 Å². The number of nitrogens with one attached hydrogen (secondary N) is 4. The van der Waals surface area contributed by atoms with Crippen molar-refractivity contribution in [2.75, 3.05) is 40.4 Å². The maximum atomic E-state index is 13.0. The predicted octanol–water partition coefficient (Wildman–Crippen LogP) is 4.61. The summed E-state index contributed by atoms with van der Waals surface area (Å²) in [6, 6.07) is 7.13. The summed E-state index contributed by atoms with van der Waals surface area (Å²) in [7, 11) is 3.88. The summed E-state index contributed by atoms with van der Waals surface area (Å²) in [6.45, 7) is 1.68. The first-order chi connectivity index (χ1) is 31.9. The van der Waals surface area contributed by atoms with E-state index >= 15 is 0 Å². The van der Waals surface area contributed by atoms with Gasteiger partial charge in [0.15, 0.2) is 11.6 Å². The number of amides is 8. The Bertz CT molecular complexity index is 2160. The number of hydrogen-bond donors (Lipinski definition) is 4. The van der Waals surface area contributed by atoms with Gasteiger partial charge < -0.3 is 20.1 Å². The summed E-state index contributed by atoms with van der Waals surface area (Å²) in [5, 5.41) is 10.6. The summed E-state index contributed by atoms with van der Waals surface area (Å²) in [5.41, 5.74) is 0.378. The Morgan fingerprint density at radius 1 is 0.537 bits per heavy atom. The van der Waals surface area contributed by atoms with Gasteiger partial charge in [0, 0.05) is 25.7 Å². The van der Waals surface area contributed by atoms with E-state index in [1.165, 1.54) is 43.9 Å². The summed E-state index contributed by atoms with van der Waals surface area (Å²) in [6.07, 6.45) is 13.9. The normalized spacial score (nSPS) is 17.6. The number of piperidine rings is 2. The predicted molar refractivity (Wildman–Crippen MR) is 246 cm³/mol. The molecule has 4 N–H and O–H groups in total. The topological polar surface area (TPSA) is 244 Å². The summed E-state index contributed by atoms with van der Waals surface area (Å²) < 4.78 is 11.2. The lowest BCUT2D eigenvalue weighted by Gasteiger charge is -2.27. The van der Waals surface area contributed by atoms with Gasteiger partial charge in [-0.05, 0) is 90.0 Å². The smallest absolute Gasteiger partial charge is 0.266 e. The highest BCUT2D eigenvalue weighted by atomic mass is 16.5. The van der Waals surface area contributed by atoms with Crippen LogP contribution in [0.4, 0.5) is 0 Å². The first-order valence-electron chi connectivity index (χ1n) is 23.1. The number of carbonyl (C=O) groups is 10. The molecule has 4 aliphatic heterocycles. The van der Waals surface area contributed by atoms with E-state index in [9.17, 15) is 47.9 Å². The Balaban J connectivity index is 0.000000289. The van der Waals surface area contributed by atoms with E-state index < -0.39 is 59.3 Å². The maximum Gasteiger partial charge on any atom is 0.266 e. The monoisotopic (exact) mass is 930 g/mol. The van der Waals surface area contributed by atoms with Crippen molar-refractivity contribution in [2.45, 2.75) is 135 Å². The molecule has 6 rings (SSSR count). The number of rotatable bonds is 26. The van der Waals surface area contributed by atoms with Gasteiger partial charge in [-0.25, -0.2) is 0 Å². The van der Waals surface area contributed by atoms with E-state index in [1.54, 1.807) is 18.2 Å². The Kier molecular flexibility index (Phi) is 21.4. The lowest BCUT2D eigenvalue weighted by atomic mass is 10.0. The maximum absolute atomic E-state index is 13.0. The molecule has 2 aromatic carbocycles. The summed E-state index contributed by atoms with van der Waals surface area (Å²) in [4.78, 5) is 125. The molecular formula is C49H66N6O12. The Morgan fingerprint density at radius 3 is 1.25 bits per heavy atom. The summed E-state index contributed by atoms with van der Waals surface area (Å²) >= 11 is 0. The first kappa shape index (κ1) is 53.5. The van der Waals surface area contributed by atoms with Crippen LogP contribution in [0.3, 0.4) is 0 Å². The second-order valence-electron chi connectivity index (χ2n) is 16.9. The molecule has 4 heterocycles. The van der Waals surface area contributed by atoms with Gasteiger partial charge in [-0.3, -0.25) is 68.4 Å². The molecule has 0 radical (unpaired) electrons. The number of benzene rings is 2. The third kappa shape index (κ3) is 14.4. The molecule has 18 heteroatoms. The van der Waals surface area contributed by atoms with Gasteiger partial charge in [0.2, 0.25) is 23.6 Å². The summed E-state index contributed by atoms with van der Waals surface area (Å²) in [5.74, 6) is -4.52. The number of hydrogen-bond acceptors (Lipinski definition) is 14. The highest BCUT2D eigenvalue weighted by Gasteiger charge is 2.47. The number of fused-ring (bicyclic) bond motifs is 2. The molecule has 4 aliphatic rings. The number of unbranched alkanes of at least 4 members (excludes halogenated alkanes) is 10. The minimum absolute atomic E-state index is 0. The minimum atomic E-state index is -1.04. The average molecular weight is 931 g/mol. The number of nitrogens with zero attached hydrogens (tertiary/aromatic N) is 2. The molecule has 2 atom stereocenters. The highest BCUT2D eigenvalue weighted by molar-refractivity contribution is 6.25. The number of imide groups is 4. The van der Waals surface area contributed by atoms with Crippen molar-refractivity contribution in [3.8, 4) is 11.5 Å². The quantitative estimate of drug-likeness (QED) is 0.0744. The number of ether oxygens (including phenoxy) is 2. The van der Waals surface area contributed by atoms with Crippen LogP contribution in [0.5, 0.6) is 11.5 Å². The van der Waals surface area contributed by atoms with Crippen molar-refractivity contribution in [3.05, 3.63) is 58.7 Å². The largest absolute Gasteiger partial charge is 0.485 e. The first-order valence-corrected chi connectivity index (χ1v) is 23.1. The zero-order valence-corrected chi connectivity index (χ0v) is 38.0. The zero-order valence-electron chi connectivity index (χ0n) is 38.0. The van der Waals surface area contributed by atoms with Crippen molar-refractivity contribution in [1.29, 1.82) is 0 Å². The number of Topliss-reactive ketones (excluding diaryl/α,β-unsaturated/α-hetero) is 2. The van der Waals surface area contributed by atoms with Crippen LogP contribution >= 0.6 is 0 Å². The van der Waals surface area contributed by atoms with Crippen LogP contribution < -0.4 is 30.7 Å². The van der Waals surface area contributed by atoms with Crippen molar-refractivity contribution in [3.63, 3.8) is 0 Å².